The van der Waals surface area contributed by atoms with Crippen molar-refractivity contribution in [3.05, 3.63) is 29.8 Å². The lowest BCUT2D eigenvalue weighted by atomic mass is 10.1. The summed E-state index contributed by atoms with van der Waals surface area (Å²) in [6, 6.07) is 6.53. The fraction of sp³-hybridized carbons (Fsp3) is 0.400. The lowest BCUT2D eigenvalue weighted by Crippen LogP contribution is -2.30. The monoisotopic (exact) mass is 356 g/mol. The maximum absolute atomic E-state index is 11.7. The third-order valence-electron chi connectivity index (χ3n) is 2.96. The molecule has 1 rings (SSSR count). The second-order valence-corrected chi connectivity index (χ2v) is 7.59. The molecule has 0 aliphatic rings. The molecule has 0 spiro atoms. The molecule has 9 heteroatoms. The van der Waals surface area contributed by atoms with Gasteiger partial charge in [-0.1, -0.05) is 12.1 Å². The van der Waals surface area contributed by atoms with E-state index >= 15 is 0 Å². The first kappa shape index (κ1) is 19.6. The number of anilines is 1. The largest absolute Gasteiger partial charge is 0.480 e. The summed E-state index contributed by atoms with van der Waals surface area (Å²) in [6.45, 7) is -0.430. The number of carbonyl (C=O) groups is 3. The first-order valence-corrected chi connectivity index (χ1v) is 9.27. The highest BCUT2D eigenvalue weighted by Gasteiger charge is 2.08. The minimum Gasteiger partial charge on any atom is -0.480 e. The standard InChI is InChI=1S/C15H20N2O6S/c1-24(22,23)8-2-3-13(18)17-12-6-4-11(5-7-12)9-14(19)16-10-15(20)21/h4-7H,2-3,8-10H2,1H3,(H,16,19)(H,17,18)(H,20,21). The summed E-state index contributed by atoms with van der Waals surface area (Å²) in [7, 11) is -3.07. The van der Waals surface area contributed by atoms with Gasteiger partial charge in [-0.25, -0.2) is 8.42 Å². The minimum absolute atomic E-state index is 0.0369. The van der Waals surface area contributed by atoms with Crippen LogP contribution in [0, 0.1) is 0 Å². The zero-order chi connectivity index (χ0) is 18.2. The topological polar surface area (TPSA) is 130 Å². The van der Waals surface area contributed by atoms with E-state index < -0.39 is 28.3 Å². The van der Waals surface area contributed by atoms with Crippen LogP contribution in [-0.2, 0) is 30.6 Å². The van der Waals surface area contributed by atoms with Crippen molar-refractivity contribution >= 4 is 33.3 Å². The van der Waals surface area contributed by atoms with E-state index in [0.29, 0.717) is 11.3 Å². The average molecular weight is 356 g/mol. The van der Waals surface area contributed by atoms with Crippen molar-refractivity contribution in [2.24, 2.45) is 0 Å². The van der Waals surface area contributed by atoms with Crippen LogP contribution in [0.25, 0.3) is 0 Å². The van der Waals surface area contributed by atoms with E-state index in [1.807, 2.05) is 0 Å². The highest BCUT2D eigenvalue weighted by Crippen LogP contribution is 2.11. The van der Waals surface area contributed by atoms with Gasteiger partial charge in [0.1, 0.15) is 16.4 Å². The van der Waals surface area contributed by atoms with E-state index in [1.54, 1.807) is 24.3 Å². The molecule has 0 radical (unpaired) electrons. The van der Waals surface area contributed by atoms with Gasteiger partial charge in [-0.15, -0.1) is 0 Å². The maximum Gasteiger partial charge on any atom is 0.322 e. The molecule has 0 unspecified atom stereocenters. The Kier molecular flexibility index (Phi) is 7.37. The van der Waals surface area contributed by atoms with E-state index in [0.717, 1.165) is 6.26 Å². The maximum atomic E-state index is 11.7. The van der Waals surface area contributed by atoms with Crippen LogP contribution in [0.15, 0.2) is 24.3 Å². The van der Waals surface area contributed by atoms with Crippen molar-refractivity contribution in [1.29, 1.82) is 0 Å². The molecular weight excluding hydrogens is 336 g/mol. The molecule has 0 aliphatic heterocycles. The third-order valence-corrected chi connectivity index (χ3v) is 3.99. The molecule has 1 aromatic rings. The van der Waals surface area contributed by atoms with Gasteiger partial charge in [-0.05, 0) is 24.1 Å². The molecule has 1 aromatic carbocycles. The number of sulfone groups is 1. The number of nitrogens with one attached hydrogen (secondary N) is 2. The van der Waals surface area contributed by atoms with Gasteiger partial charge >= 0.3 is 5.97 Å². The smallest absolute Gasteiger partial charge is 0.322 e. The molecule has 0 saturated heterocycles. The third kappa shape index (κ3) is 8.89. The summed E-state index contributed by atoms with van der Waals surface area (Å²) in [5.74, 6) is -1.84. The molecule has 0 atom stereocenters. The summed E-state index contributed by atoms with van der Waals surface area (Å²) < 4.78 is 22.0. The number of hydrogen-bond acceptors (Lipinski definition) is 5. The van der Waals surface area contributed by atoms with Crippen LogP contribution in [-0.4, -0.2) is 49.9 Å². The number of benzene rings is 1. The van der Waals surface area contributed by atoms with Gasteiger partial charge in [0.05, 0.1) is 12.2 Å². The van der Waals surface area contributed by atoms with Crippen LogP contribution in [0.5, 0.6) is 0 Å². The molecule has 0 heterocycles. The zero-order valence-corrected chi connectivity index (χ0v) is 14.1. The van der Waals surface area contributed by atoms with Crippen molar-refractivity contribution in [2.45, 2.75) is 19.3 Å². The van der Waals surface area contributed by atoms with Crippen LogP contribution in [0.3, 0.4) is 0 Å². The number of hydrogen-bond donors (Lipinski definition) is 3. The number of rotatable bonds is 9. The molecule has 0 fully saturated rings. The molecule has 0 aromatic heterocycles. The summed E-state index contributed by atoms with van der Waals surface area (Å²) in [5.41, 5.74) is 1.21. The Bertz CT molecular complexity index is 697. The number of carboxylic acids is 1. The first-order valence-electron chi connectivity index (χ1n) is 7.21. The molecule has 3 N–H and O–H groups in total. The van der Waals surface area contributed by atoms with Gasteiger partial charge in [0.25, 0.3) is 0 Å². The molecular formula is C15H20N2O6S. The number of aliphatic carboxylic acids is 1. The lowest BCUT2D eigenvalue weighted by molar-refractivity contribution is -0.137. The number of amides is 2. The predicted octanol–water partition coefficient (Wildman–Crippen LogP) is 0.193. The molecule has 24 heavy (non-hydrogen) atoms. The Balaban J connectivity index is 2.42. The van der Waals surface area contributed by atoms with Crippen LogP contribution in [0.4, 0.5) is 5.69 Å². The Hall–Kier alpha value is -2.42. The van der Waals surface area contributed by atoms with E-state index in [4.69, 9.17) is 5.11 Å². The minimum atomic E-state index is -3.07. The average Bonchev–Trinajstić information content (AvgIpc) is 2.46. The Labute approximate surface area is 140 Å². The van der Waals surface area contributed by atoms with Crippen molar-refractivity contribution in [3.63, 3.8) is 0 Å². The van der Waals surface area contributed by atoms with Crippen molar-refractivity contribution < 1.29 is 27.9 Å². The second kappa shape index (κ2) is 9.02. The summed E-state index contributed by atoms with van der Waals surface area (Å²) in [4.78, 5) is 33.5. The lowest BCUT2D eigenvalue weighted by Gasteiger charge is -2.07. The van der Waals surface area contributed by atoms with E-state index in [2.05, 4.69) is 10.6 Å². The Morgan fingerprint density at radius 3 is 2.25 bits per heavy atom. The highest BCUT2D eigenvalue weighted by molar-refractivity contribution is 7.90. The van der Waals surface area contributed by atoms with Crippen LogP contribution in [0.1, 0.15) is 18.4 Å². The van der Waals surface area contributed by atoms with Gasteiger partial charge in [0.2, 0.25) is 11.8 Å². The van der Waals surface area contributed by atoms with Crippen molar-refractivity contribution in [2.75, 3.05) is 23.9 Å². The normalized spacial score (nSPS) is 10.9. The van der Waals surface area contributed by atoms with Gasteiger partial charge in [0.15, 0.2) is 0 Å². The van der Waals surface area contributed by atoms with Gasteiger partial charge in [-0.2, -0.15) is 0 Å². The fourth-order valence-corrected chi connectivity index (χ4v) is 2.52. The Morgan fingerprint density at radius 2 is 1.71 bits per heavy atom. The van der Waals surface area contributed by atoms with E-state index in [-0.39, 0.29) is 30.9 Å². The molecule has 0 saturated carbocycles. The zero-order valence-electron chi connectivity index (χ0n) is 13.2. The molecule has 2 amide bonds. The molecule has 0 bridgehead atoms. The SMILES string of the molecule is CS(=O)(=O)CCCC(=O)Nc1ccc(CC(=O)NCC(=O)O)cc1. The number of carbonyl (C=O) groups excluding carboxylic acids is 2. The van der Waals surface area contributed by atoms with Gasteiger partial charge in [0, 0.05) is 18.4 Å². The van der Waals surface area contributed by atoms with E-state index in [9.17, 15) is 22.8 Å². The van der Waals surface area contributed by atoms with Crippen LogP contribution in [0.2, 0.25) is 0 Å². The van der Waals surface area contributed by atoms with Gasteiger partial charge < -0.3 is 15.7 Å². The van der Waals surface area contributed by atoms with Crippen molar-refractivity contribution in [3.8, 4) is 0 Å². The molecule has 132 valence electrons. The first-order chi connectivity index (χ1) is 11.2. The number of carboxylic acid groups (broad SMARTS) is 1. The van der Waals surface area contributed by atoms with Crippen LogP contribution < -0.4 is 10.6 Å². The predicted molar refractivity (Wildman–Crippen MR) is 88.4 cm³/mol. The molecule has 8 nitrogen and oxygen atoms in total. The fourth-order valence-electron chi connectivity index (χ4n) is 1.85. The summed E-state index contributed by atoms with van der Waals surface area (Å²) >= 11 is 0. The summed E-state index contributed by atoms with van der Waals surface area (Å²) in [6.07, 6.45) is 1.52. The molecule has 0 aliphatic carbocycles. The van der Waals surface area contributed by atoms with Crippen LogP contribution >= 0.6 is 0 Å². The summed E-state index contributed by atoms with van der Waals surface area (Å²) in [5, 5.41) is 13.4. The van der Waals surface area contributed by atoms with Crippen molar-refractivity contribution in [1.82, 2.24) is 5.32 Å². The second-order valence-electron chi connectivity index (χ2n) is 5.33. The van der Waals surface area contributed by atoms with E-state index in [1.165, 1.54) is 0 Å². The Morgan fingerprint density at radius 1 is 1.08 bits per heavy atom. The van der Waals surface area contributed by atoms with Gasteiger partial charge in [-0.3, -0.25) is 14.4 Å². The quantitative estimate of drug-likeness (QED) is 0.579. The highest BCUT2D eigenvalue weighted by atomic mass is 32.2.